The summed E-state index contributed by atoms with van der Waals surface area (Å²) < 4.78 is 0. The summed E-state index contributed by atoms with van der Waals surface area (Å²) in [6.45, 7) is 3.01. The van der Waals surface area contributed by atoms with Gasteiger partial charge in [-0.2, -0.15) is 0 Å². The summed E-state index contributed by atoms with van der Waals surface area (Å²) in [5.74, 6) is -0.268. The smallest absolute Gasteiger partial charge is 0.321 e. The van der Waals surface area contributed by atoms with E-state index >= 15 is 0 Å². The molecule has 3 amide bonds. The van der Waals surface area contributed by atoms with Crippen molar-refractivity contribution in [1.29, 1.82) is 0 Å². The molecule has 0 atom stereocenters. The molecule has 0 radical (unpaired) electrons. The van der Waals surface area contributed by atoms with Crippen LogP contribution in [0.1, 0.15) is 50.2 Å². The van der Waals surface area contributed by atoms with Gasteiger partial charge in [0, 0.05) is 12.6 Å². The molecule has 0 unspecified atom stereocenters. The summed E-state index contributed by atoms with van der Waals surface area (Å²) in [5, 5.41) is 5.33. The van der Waals surface area contributed by atoms with Crippen LogP contribution in [0.3, 0.4) is 0 Å². The van der Waals surface area contributed by atoms with Crippen molar-refractivity contribution < 1.29 is 9.59 Å². The first-order valence-electron chi connectivity index (χ1n) is 8.93. The number of hydrogen-bond acceptors (Lipinski definition) is 3. The fourth-order valence-electron chi connectivity index (χ4n) is 3.13. The van der Waals surface area contributed by atoms with E-state index in [-0.39, 0.29) is 24.5 Å². The summed E-state index contributed by atoms with van der Waals surface area (Å²) in [6, 6.07) is 8.24. The fourth-order valence-corrected chi connectivity index (χ4v) is 3.13. The number of urea groups is 1. The maximum atomic E-state index is 12.0. The monoisotopic (exact) mass is 331 g/mol. The van der Waals surface area contributed by atoms with Crippen LogP contribution in [-0.4, -0.2) is 36.5 Å². The first kappa shape index (κ1) is 18.5. The van der Waals surface area contributed by atoms with E-state index in [0.29, 0.717) is 6.54 Å². The number of amides is 3. The van der Waals surface area contributed by atoms with Crippen LogP contribution in [0.2, 0.25) is 0 Å². The van der Waals surface area contributed by atoms with Gasteiger partial charge in [-0.1, -0.05) is 50.5 Å². The average molecular weight is 331 g/mol. The highest BCUT2D eigenvalue weighted by Crippen LogP contribution is 2.17. The van der Waals surface area contributed by atoms with Gasteiger partial charge in [0.15, 0.2) is 0 Å². The molecule has 1 aliphatic carbocycles. The molecule has 1 fully saturated rings. The Balaban J connectivity index is 1.71. The molecule has 1 saturated carbocycles. The van der Waals surface area contributed by atoms with Crippen molar-refractivity contribution in [3.05, 3.63) is 35.4 Å². The lowest BCUT2D eigenvalue weighted by Crippen LogP contribution is -2.47. The lowest BCUT2D eigenvalue weighted by molar-refractivity contribution is -0.121. The van der Waals surface area contributed by atoms with E-state index in [4.69, 9.17) is 0 Å². The van der Waals surface area contributed by atoms with Crippen molar-refractivity contribution in [2.24, 2.45) is 0 Å². The van der Waals surface area contributed by atoms with E-state index in [1.54, 1.807) is 0 Å². The highest BCUT2D eigenvalue weighted by molar-refractivity contribution is 5.95. The lowest BCUT2D eigenvalue weighted by Gasteiger charge is -2.23. The largest absolute Gasteiger partial charge is 0.335 e. The van der Waals surface area contributed by atoms with Gasteiger partial charge in [0.1, 0.15) is 0 Å². The quantitative estimate of drug-likeness (QED) is 0.842. The van der Waals surface area contributed by atoms with Crippen molar-refractivity contribution in [2.45, 2.75) is 58.0 Å². The van der Waals surface area contributed by atoms with Gasteiger partial charge in [0.05, 0.1) is 6.54 Å². The number of benzene rings is 1. The maximum Gasteiger partial charge on any atom is 0.321 e. The molecule has 2 N–H and O–H groups in total. The van der Waals surface area contributed by atoms with E-state index in [1.165, 1.54) is 12.0 Å². The molecule has 5 nitrogen and oxygen atoms in total. The predicted molar refractivity (Wildman–Crippen MR) is 95.7 cm³/mol. The normalized spacial score (nSPS) is 15.3. The van der Waals surface area contributed by atoms with Crippen molar-refractivity contribution >= 4 is 11.9 Å². The molecule has 5 heteroatoms. The number of hydrogen-bond donors (Lipinski definition) is 2. The van der Waals surface area contributed by atoms with Gasteiger partial charge in [-0.15, -0.1) is 0 Å². The predicted octanol–water partition coefficient (Wildman–Crippen LogP) is 2.84. The number of carbonyl (C=O) groups excluding carboxylic acids is 2. The molecule has 1 aliphatic rings. The zero-order valence-electron chi connectivity index (χ0n) is 14.8. The molecule has 132 valence electrons. The van der Waals surface area contributed by atoms with Crippen molar-refractivity contribution in [1.82, 2.24) is 15.5 Å². The molecule has 2 rings (SSSR count). The Morgan fingerprint density at radius 2 is 1.71 bits per heavy atom. The van der Waals surface area contributed by atoms with Gasteiger partial charge in [-0.25, -0.2) is 4.79 Å². The van der Waals surface area contributed by atoms with Gasteiger partial charge in [0.2, 0.25) is 5.91 Å². The molecule has 1 aromatic carbocycles. The van der Waals surface area contributed by atoms with E-state index in [1.807, 2.05) is 11.9 Å². The molecule has 0 bridgehead atoms. The second-order valence-corrected chi connectivity index (χ2v) is 6.70. The van der Waals surface area contributed by atoms with Crippen LogP contribution in [0.15, 0.2) is 24.3 Å². The van der Waals surface area contributed by atoms with Gasteiger partial charge in [0.25, 0.3) is 0 Å². The number of rotatable bonds is 6. The van der Waals surface area contributed by atoms with E-state index in [9.17, 15) is 9.59 Å². The minimum absolute atomic E-state index is 0.202. The Hall–Kier alpha value is -1.88. The zero-order chi connectivity index (χ0) is 17.4. The van der Waals surface area contributed by atoms with E-state index in [0.717, 1.165) is 37.7 Å². The van der Waals surface area contributed by atoms with E-state index < -0.39 is 0 Å². The number of nitrogens with zero attached hydrogens (tertiary/aromatic N) is 1. The highest BCUT2D eigenvalue weighted by atomic mass is 16.2. The van der Waals surface area contributed by atoms with Gasteiger partial charge >= 0.3 is 6.03 Å². The molecule has 24 heavy (non-hydrogen) atoms. The molecule has 0 aromatic heterocycles. The van der Waals surface area contributed by atoms with Crippen molar-refractivity contribution in [2.75, 3.05) is 13.6 Å². The summed E-state index contributed by atoms with van der Waals surface area (Å²) in [4.78, 5) is 25.8. The Bertz CT molecular complexity index is 536. The van der Waals surface area contributed by atoms with Crippen LogP contribution < -0.4 is 10.6 Å². The van der Waals surface area contributed by atoms with E-state index in [2.05, 4.69) is 41.8 Å². The molecule has 0 heterocycles. The third-order valence-corrected chi connectivity index (χ3v) is 4.49. The third kappa shape index (κ3) is 6.32. The zero-order valence-corrected chi connectivity index (χ0v) is 14.8. The Labute approximate surface area is 144 Å². The van der Waals surface area contributed by atoms with Crippen LogP contribution in [0, 0.1) is 0 Å². The van der Waals surface area contributed by atoms with Crippen LogP contribution in [-0.2, 0) is 17.8 Å². The summed E-state index contributed by atoms with van der Waals surface area (Å²) in [6.07, 6.45) is 6.58. The summed E-state index contributed by atoms with van der Waals surface area (Å²) >= 11 is 0. The molecule has 0 spiro atoms. The Kier molecular flexibility index (Phi) is 7.25. The Morgan fingerprint density at radius 3 is 2.33 bits per heavy atom. The topological polar surface area (TPSA) is 61.4 Å². The Morgan fingerprint density at radius 1 is 1.08 bits per heavy atom. The minimum atomic E-state index is -0.368. The first-order valence-corrected chi connectivity index (χ1v) is 8.93. The van der Waals surface area contributed by atoms with Crippen LogP contribution in [0.4, 0.5) is 4.79 Å². The molecule has 0 saturated heterocycles. The van der Waals surface area contributed by atoms with Crippen LogP contribution in [0.5, 0.6) is 0 Å². The SMILES string of the molecule is CCc1ccc(CN(C)CC(=O)NC(=O)NC2CCCCC2)cc1. The number of imide groups is 1. The highest BCUT2D eigenvalue weighted by Gasteiger charge is 2.17. The summed E-state index contributed by atoms with van der Waals surface area (Å²) in [7, 11) is 1.88. The van der Waals surface area contributed by atoms with Crippen LogP contribution in [0.25, 0.3) is 0 Å². The van der Waals surface area contributed by atoms with Gasteiger partial charge in [-0.05, 0) is 37.4 Å². The molecular weight excluding hydrogens is 302 g/mol. The summed E-state index contributed by atoms with van der Waals surface area (Å²) in [5.41, 5.74) is 2.47. The fraction of sp³-hybridized carbons (Fsp3) is 0.579. The number of likely N-dealkylation sites (N-methyl/N-ethyl adjacent to an activating group) is 1. The second-order valence-electron chi connectivity index (χ2n) is 6.70. The number of aryl methyl sites for hydroxylation is 1. The molecule has 1 aromatic rings. The van der Waals surface area contributed by atoms with Gasteiger partial charge in [-0.3, -0.25) is 15.0 Å². The number of nitrogens with one attached hydrogen (secondary N) is 2. The second kappa shape index (κ2) is 9.42. The molecular formula is C19H29N3O2. The average Bonchev–Trinajstić information content (AvgIpc) is 2.56. The van der Waals surface area contributed by atoms with Crippen LogP contribution >= 0.6 is 0 Å². The maximum absolute atomic E-state index is 12.0. The lowest BCUT2D eigenvalue weighted by atomic mass is 9.96. The van der Waals surface area contributed by atoms with Gasteiger partial charge < -0.3 is 5.32 Å². The molecule has 0 aliphatic heterocycles. The number of carbonyl (C=O) groups is 2. The standard InChI is InChI=1S/C19H29N3O2/c1-3-15-9-11-16(12-10-15)13-22(2)14-18(23)21-19(24)20-17-7-5-4-6-8-17/h9-12,17H,3-8,13-14H2,1-2H3,(H2,20,21,23,24). The first-order chi connectivity index (χ1) is 11.6. The van der Waals surface area contributed by atoms with Crippen molar-refractivity contribution in [3.8, 4) is 0 Å². The third-order valence-electron chi connectivity index (χ3n) is 4.49. The minimum Gasteiger partial charge on any atom is -0.335 e. The van der Waals surface area contributed by atoms with Crippen molar-refractivity contribution in [3.63, 3.8) is 0 Å².